The van der Waals surface area contributed by atoms with Crippen molar-refractivity contribution in [2.75, 3.05) is 0 Å². The summed E-state index contributed by atoms with van der Waals surface area (Å²) in [5, 5.41) is 0. The molecule has 0 fully saturated rings. The minimum Gasteiger partial charge on any atom is -0.202 e. The van der Waals surface area contributed by atoms with Crippen LogP contribution in [0.4, 0.5) is 17.6 Å². The van der Waals surface area contributed by atoms with Gasteiger partial charge in [0.2, 0.25) is 5.83 Å². The molecular formula is C9H6F4. The molecule has 0 bridgehead atoms. The van der Waals surface area contributed by atoms with Gasteiger partial charge in [0.05, 0.1) is 0 Å². The Morgan fingerprint density at radius 3 is 2.08 bits per heavy atom. The van der Waals surface area contributed by atoms with Gasteiger partial charge in [-0.15, -0.1) is 0 Å². The summed E-state index contributed by atoms with van der Waals surface area (Å²) in [6, 6.07) is 7.50. The third kappa shape index (κ3) is 2.89. The maximum Gasteiger partial charge on any atom is 0.442 e. The van der Waals surface area contributed by atoms with Crippen molar-refractivity contribution in [3.05, 3.63) is 41.7 Å². The molecule has 1 rings (SSSR count). The lowest BCUT2D eigenvalue weighted by Gasteiger charge is -2.01. The van der Waals surface area contributed by atoms with E-state index >= 15 is 0 Å². The Balaban J connectivity index is 2.90. The van der Waals surface area contributed by atoms with E-state index in [1.54, 1.807) is 6.07 Å². The quantitative estimate of drug-likeness (QED) is 0.594. The van der Waals surface area contributed by atoms with Crippen LogP contribution in [0.15, 0.2) is 36.2 Å². The van der Waals surface area contributed by atoms with Gasteiger partial charge in [-0.3, -0.25) is 0 Å². The third-order valence-corrected chi connectivity index (χ3v) is 1.36. The Morgan fingerprint density at radius 2 is 1.62 bits per heavy atom. The van der Waals surface area contributed by atoms with Crippen molar-refractivity contribution in [3.63, 3.8) is 0 Å². The zero-order valence-corrected chi connectivity index (χ0v) is 6.48. The fourth-order valence-corrected chi connectivity index (χ4v) is 0.777. The highest BCUT2D eigenvalue weighted by Crippen LogP contribution is 2.27. The van der Waals surface area contributed by atoms with Crippen molar-refractivity contribution in [3.8, 4) is 0 Å². The normalized spacial score (nSPS) is 13.1. The second-order valence-corrected chi connectivity index (χ2v) is 2.40. The fourth-order valence-electron chi connectivity index (χ4n) is 0.777. The highest BCUT2D eigenvalue weighted by atomic mass is 19.4. The smallest absolute Gasteiger partial charge is 0.202 e. The van der Waals surface area contributed by atoms with Crippen LogP contribution in [0, 0.1) is 0 Å². The number of hydrogen-bond acceptors (Lipinski definition) is 0. The van der Waals surface area contributed by atoms with E-state index in [4.69, 9.17) is 0 Å². The summed E-state index contributed by atoms with van der Waals surface area (Å²) < 4.78 is 47.4. The molecule has 0 spiro atoms. The molecule has 0 radical (unpaired) electrons. The Kier molecular flexibility index (Phi) is 2.70. The summed E-state index contributed by atoms with van der Waals surface area (Å²) >= 11 is 0. The van der Waals surface area contributed by atoms with Gasteiger partial charge in [-0.2, -0.15) is 13.2 Å². The van der Waals surface area contributed by atoms with Crippen molar-refractivity contribution < 1.29 is 17.6 Å². The lowest BCUT2D eigenvalue weighted by molar-refractivity contribution is -0.107. The van der Waals surface area contributed by atoms with Crippen molar-refractivity contribution >= 4 is 6.08 Å². The highest BCUT2D eigenvalue weighted by molar-refractivity contribution is 5.51. The van der Waals surface area contributed by atoms with E-state index in [0.29, 0.717) is 6.08 Å². The highest BCUT2D eigenvalue weighted by Gasteiger charge is 2.34. The SMILES string of the molecule is FC(=Cc1ccccc1)C(F)(F)F. The molecule has 70 valence electrons. The van der Waals surface area contributed by atoms with Crippen LogP contribution >= 0.6 is 0 Å². The van der Waals surface area contributed by atoms with E-state index in [1.807, 2.05) is 0 Å². The van der Waals surface area contributed by atoms with Crippen LogP contribution < -0.4 is 0 Å². The van der Waals surface area contributed by atoms with Gasteiger partial charge in [0, 0.05) is 0 Å². The number of rotatable bonds is 1. The molecule has 0 aliphatic rings. The molecule has 4 heteroatoms. The van der Waals surface area contributed by atoms with Crippen molar-refractivity contribution in [2.45, 2.75) is 6.18 Å². The van der Waals surface area contributed by atoms with Crippen LogP contribution in [0.5, 0.6) is 0 Å². The molecule has 0 N–H and O–H groups in total. The summed E-state index contributed by atoms with van der Waals surface area (Å²) in [5.41, 5.74) is 0.192. The predicted octanol–water partition coefficient (Wildman–Crippen LogP) is 3.56. The molecule has 1 aromatic rings. The van der Waals surface area contributed by atoms with Gasteiger partial charge in [0.1, 0.15) is 0 Å². The van der Waals surface area contributed by atoms with Crippen molar-refractivity contribution in [2.24, 2.45) is 0 Å². The molecule has 0 amide bonds. The summed E-state index contributed by atoms with van der Waals surface area (Å²) in [6.45, 7) is 0. The maximum absolute atomic E-state index is 12.3. The van der Waals surface area contributed by atoms with E-state index in [1.165, 1.54) is 24.3 Å². The zero-order chi connectivity index (χ0) is 9.90. The maximum atomic E-state index is 12.3. The minimum atomic E-state index is -4.89. The van der Waals surface area contributed by atoms with Crippen LogP contribution in [-0.2, 0) is 0 Å². The Hall–Kier alpha value is -1.32. The van der Waals surface area contributed by atoms with E-state index in [-0.39, 0.29) is 5.56 Å². The first-order valence-corrected chi connectivity index (χ1v) is 3.49. The summed E-state index contributed by atoms with van der Waals surface area (Å²) in [7, 11) is 0. The lowest BCUT2D eigenvalue weighted by atomic mass is 10.2. The zero-order valence-electron chi connectivity index (χ0n) is 6.48. The van der Waals surface area contributed by atoms with E-state index < -0.39 is 12.0 Å². The molecule has 0 heterocycles. The Bertz CT molecular complexity index is 297. The molecule has 0 saturated carbocycles. The molecule has 0 nitrogen and oxygen atoms in total. The number of alkyl halides is 3. The number of benzene rings is 1. The predicted molar refractivity (Wildman–Crippen MR) is 41.6 cm³/mol. The average Bonchev–Trinajstić information content (AvgIpc) is 2.04. The van der Waals surface area contributed by atoms with Gasteiger partial charge in [-0.1, -0.05) is 30.3 Å². The van der Waals surface area contributed by atoms with Crippen LogP contribution in [0.2, 0.25) is 0 Å². The molecule has 0 aliphatic heterocycles. The first-order chi connectivity index (χ1) is 6.00. The average molecular weight is 190 g/mol. The fraction of sp³-hybridized carbons (Fsp3) is 0.111. The third-order valence-electron chi connectivity index (χ3n) is 1.36. The second-order valence-electron chi connectivity index (χ2n) is 2.40. The number of hydrogen-bond donors (Lipinski definition) is 0. The molecular weight excluding hydrogens is 184 g/mol. The summed E-state index contributed by atoms with van der Waals surface area (Å²) in [4.78, 5) is 0. The van der Waals surface area contributed by atoms with Crippen LogP contribution in [0.1, 0.15) is 5.56 Å². The van der Waals surface area contributed by atoms with Crippen LogP contribution in [0.25, 0.3) is 6.08 Å². The first kappa shape index (κ1) is 9.77. The number of halogens is 4. The molecule has 1 aromatic carbocycles. The van der Waals surface area contributed by atoms with Crippen LogP contribution in [-0.4, -0.2) is 6.18 Å². The van der Waals surface area contributed by atoms with Crippen LogP contribution in [0.3, 0.4) is 0 Å². The summed E-state index contributed by atoms with van der Waals surface area (Å²) in [5.74, 6) is -2.08. The van der Waals surface area contributed by atoms with E-state index in [9.17, 15) is 17.6 Å². The van der Waals surface area contributed by atoms with Crippen molar-refractivity contribution in [1.29, 1.82) is 0 Å². The van der Waals surface area contributed by atoms with Gasteiger partial charge in [0.15, 0.2) is 0 Å². The Morgan fingerprint density at radius 1 is 1.08 bits per heavy atom. The molecule has 0 unspecified atom stereocenters. The molecule has 0 aliphatic carbocycles. The number of allylic oxidation sites excluding steroid dienone is 1. The van der Waals surface area contributed by atoms with E-state index in [0.717, 1.165) is 0 Å². The van der Waals surface area contributed by atoms with Crippen molar-refractivity contribution in [1.82, 2.24) is 0 Å². The molecule has 0 atom stereocenters. The minimum absolute atomic E-state index is 0.192. The molecule has 0 saturated heterocycles. The monoisotopic (exact) mass is 190 g/mol. The second kappa shape index (κ2) is 3.60. The molecule has 13 heavy (non-hydrogen) atoms. The van der Waals surface area contributed by atoms with Gasteiger partial charge < -0.3 is 0 Å². The van der Waals surface area contributed by atoms with Gasteiger partial charge in [-0.25, -0.2) is 4.39 Å². The molecule has 0 aromatic heterocycles. The largest absolute Gasteiger partial charge is 0.442 e. The Labute approximate surface area is 72.5 Å². The van der Waals surface area contributed by atoms with Gasteiger partial charge in [-0.05, 0) is 11.6 Å². The van der Waals surface area contributed by atoms with Gasteiger partial charge >= 0.3 is 6.18 Å². The van der Waals surface area contributed by atoms with Gasteiger partial charge in [0.25, 0.3) is 0 Å². The lowest BCUT2D eigenvalue weighted by Crippen LogP contribution is -2.07. The summed E-state index contributed by atoms with van der Waals surface area (Å²) in [6.07, 6.45) is -4.43. The standard InChI is InChI=1S/C9H6F4/c10-8(9(11,12)13)6-7-4-2-1-3-5-7/h1-6H. The van der Waals surface area contributed by atoms with E-state index in [2.05, 4.69) is 0 Å². The first-order valence-electron chi connectivity index (χ1n) is 3.49. The topological polar surface area (TPSA) is 0 Å².